The van der Waals surface area contributed by atoms with E-state index in [1.807, 2.05) is 0 Å². The van der Waals surface area contributed by atoms with E-state index < -0.39 is 9.84 Å². The summed E-state index contributed by atoms with van der Waals surface area (Å²) >= 11 is 0. The van der Waals surface area contributed by atoms with Gasteiger partial charge in [-0.1, -0.05) is 24.4 Å². The van der Waals surface area contributed by atoms with Crippen molar-refractivity contribution in [1.29, 1.82) is 0 Å². The summed E-state index contributed by atoms with van der Waals surface area (Å²) < 4.78 is 29.6. The molecule has 0 amide bonds. The second-order valence-corrected chi connectivity index (χ2v) is 7.15. The van der Waals surface area contributed by atoms with Gasteiger partial charge < -0.3 is 4.52 Å². The van der Waals surface area contributed by atoms with Crippen molar-refractivity contribution in [2.45, 2.75) is 57.0 Å². The summed E-state index contributed by atoms with van der Waals surface area (Å²) in [6.07, 6.45) is 4.85. The molecule has 0 aromatic carbocycles. The van der Waals surface area contributed by atoms with Crippen molar-refractivity contribution in [3.8, 4) is 0 Å². The molecule has 1 aliphatic rings. The van der Waals surface area contributed by atoms with Gasteiger partial charge in [-0.3, -0.25) is 0 Å². The topological polar surface area (TPSA) is 60.2 Å². The van der Waals surface area contributed by atoms with Crippen LogP contribution in [0.15, 0.2) is 4.52 Å². The maximum atomic E-state index is 12.3. The Morgan fingerprint density at radius 1 is 1.24 bits per heavy atom. The maximum Gasteiger partial charge on any atom is 0.157 e. The van der Waals surface area contributed by atoms with Crippen LogP contribution in [-0.4, -0.2) is 18.8 Å². The highest BCUT2D eigenvalue weighted by molar-refractivity contribution is 7.91. The van der Waals surface area contributed by atoms with Crippen LogP contribution in [0.2, 0.25) is 0 Å². The minimum Gasteiger partial charge on any atom is -0.361 e. The third kappa shape index (κ3) is 2.70. The minimum absolute atomic E-state index is 0.0822. The van der Waals surface area contributed by atoms with Crippen LogP contribution < -0.4 is 0 Å². The van der Waals surface area contributed by atoms with Crippen LogP contribution >= 0.6 is 0 Å². The predicted octanol–water partition coefficient (Wildman–Crippen LogP) is 2.54. The van der Waals surface area contributed by atoms with Crippen molar-refractivity contribution in [2.75, 3.05) is 0 Å². The number of nitrogens with zero attached hydrogens (tertiary/aromatic N) is 1. The van der Waals surface area contributed by atoms with Gasteiger partial charge in [0, 0.05) is 5.56 Å². The molecule has 1 saturated carbocycles. The zero-order valence-corrected chi connectivity index (χ0v) is 11.2. The van der Waals surface area contributed by atoms with Crippen molar-refractivity contribution in [1.82, 2.24) is 5.16 Å². The number of sulfone groups is 1. The Balaban J connectivity index is 2.17. The maximum absolute atomic E-state index is 12.3. The predicted molar refractivity (Wildman–Crippen MR) is 65.5 cm³/mol. The highest BCUT2D eigenvalue weighted by Gasteiger charge is 2.29. The monoisotopic (exact) mass is 257 g/mol. The highest BCUT2D eigenvalue weighted by Crippen LogP contribution is 2.27. The first-order valence-corrected chi connectivity index (χ1v) is 7.85. The van der Waals surface area contributed by atoms with Crippen molar-refractivity contribution < 1.29 is 12.9 Å². The van der Waals surface area contributed by atoms with Gasteiger partial charge in [-0.05, 0) is 26.7 Å². The lowest BCUT2D eigenvalue weighted by Gasteiger charge is -2.21. The molecule has 1 fully saturated rings. The molecule has 0 radical (unpaired) electrons. The molecular weight excluding hydrogens is 238 g/mol. The molecule has 0 spiro atoms. The molecule has 1 aromatic rings. The van der Waals surface area contributed by atoms with Gasteiger partial charge in [0.05, 0.1) is 16.7 Å². The van der Waals surface area contributed by atoms with Crippen LogP contribution in [0.1, 0.15) is 49.1 Å². The van der Waals surface area contributed by atoms with Crippen LogP contribution in [0.5, 0.6) is 0 Å². The summed E-state index contributed by atoms with van der Waals surface area (Å²) in [5.74, 6) is 0.709. The molecule has 1 heterocycles. The van der Waals surface area contributed by atoms with Crippen LogP contribution in [0.25, 0.3) is 0 Å². The van der Waals surface area contributed by atoms with E-state index in [9.17, 15) is 8.42 Å². The smallest absolute Gasteiger partial charge is 0.157 e. The van der Waals surface area contributed by atoms with Crippen LogP contribution in [0.3, 0.4) is 0 Å². The molecule has 2 rings (SSSR count). The van der Waals surface area contributed by atoms with Gasteiger partial charge in [-0.2, -0.15) is 0 Å². The van der Waals surface area contributed by atoms with E-state index in [0.717, 1.165) is 37.7 Å². The van der Waals surface area contributed by atoms with Crippen molar-refractivity contribution in [3.05, 3.63) is 17.0 Å². The number of hydrogen-bond donors (Lipinski definition) is 0. The molecule has 0 N–H and O–H groups in total. The fraction of sp³-hybridized carbons (Fsp3) is 0.750. The minimum atomic E-state index is -3.05. The summed E-state index contributed by atoms with van der Waals surface area (Å²) in [6.45, 7) is 3.56. The summed E-state index contributed by atoms with van der Waals surface area (Å²) in [5.41, 5.74) is 1.44. The molecule has 0 atom stereocenters. The van der Waals surface area contributed by atoms with E-state index >= 15 is 0 Å². The Kier molecular flexibility index (Phi) is 3.56. The van der Waals surface area contributed by atoms with Gasteiger partial charge in [0.15, 0.2) is 9.84 Å². The summed E-state index contributed by atoms with van der Waals surface area (Å²) in [7, 11) is -3.05. The molecule has 1 aliphatic carbocycles. The second kappa shape index (κ2) is 4.80. The molecule has 5 heteroatoms. The highest BCUT2D eigenvalue weighted by atomic mass is 32.2. The average Bonchev–Trinajstić information content (AvgIpc) is 2.62. The number of aromatic nitrogens is 1. The van der Waals surface area contributed by atoms with Gasteiger partial charge in [0.1, 0.15) is 5.76 Å². The molecule has 1 aromatic heterocycles. The molecule has 4 nitrogen and oxygen atoms in total. The Morgan fingerprint density at radius 2 is 1.88 bits per heavy atom. The fourth-order valence-electron chi connectivity index (χ4n) is 2.45. The normalized spacial score (nSPS) is 18.5. The first-order valence-electron chi connectivity index (χ1n) is 6.14. The van der Waals surface area contributed by atoms with E-state index in [1.165, 1.54) is 0 Å². The largest absolute Gasteiger partial charge is 0.361 e. The Morgan fingerprint density at radius 3 is 2.41 bits per heavy atom. The SMILES string of the molecule is Cc1noc(C)c1CS(=O)(=O)C1CCCCC1. The summed E-state index contributed by atoms with van der Waals surface area (Å²) in [6, 6.07) is 0. The first-order chi connectivity index (χ1) is 8.00. The Bertz CT molecular complexity index is 464. The molecule has 0 bridgehead atoms. The van der Waals surface area contributed by atoms with Gasteiger partial charge in [0.2, 0.25) is 0 Å². The zero-order valence-electron chi connectivity index (χ0n) is 10.4. The van der Waals surface area contributed by atoms with E-state index in [2.05, 4.69) is 5.16 Å². The summed E-state index contributed by atoms with van der Waals surface area (Å²) in [5, 5.41) is 3.64. The van der Waals surface area contributed by atoms with E-state index in [1.54, 1.807) is 13.8 Å². The zero-order chi connectivity index (χ0) is 12.5. The third-order valence-corrected chi connectivity index (χ3v) is 5.76. The molecular formula is C12H19NO3S. The van der Waals surface area contributed by atoms with Crippen molar-refractivity contribution in [3.63, 3.8) is 0 Å². The molecule has 17 heavy (non-hydrogen) atoms. The van der Waals surface area contributed by atoms with Gasteiger partial charge in [-0.15, -0.1) is 0 Å². The quantitative estimate of drug-likeness (QED) is 0.835. The van der Waals surface area contributed by atoms with E-state index in [-0.39, 0.29) is 11.0 Å². The molecule has 0 saturated heterocycles. The van der Waals surface area contributed by atoms with Gasteiger partial charge in [0.25, 0.3) is 0 Å². The first kappa shape index (κ1) is 12.6. The number of aryl methyl sites for hydroxylation is 2. The Hall–Kier alpha value is -0.840. The molecule has 0 aliphatic heterocycles. The van der Waals surface area contributed by atoms with Crippen molar-refractivity contribution in [2.24, 2.45) is 0 Å². The standard InChI is InChI=1S/C12H19NO3S/c1-9-12(10(2)16-13-9)8-17(14,15)11-6-4-3-5-7-11/h11H,3-8H2,1-2H3. The van der Waals surface area contributed by atoms with Gasteiger partial charge >= 0.3 is 0 Å². The molecule has 0 unspecified atom stereocenters. The van der Waals surface area contributed by atoms with Gasteiger partial charge in [-0.25, -0.2) is 8.42 Å². The summed E-state index contributed by atoms with van der Waals surface area (Å²) in [4.78, 5) is 0. The Labute approximate surface area is 102 Å². The van der Waals surface area contributed by atoms with E-state index in [0.29, 0.717) is 11.5 Å². The second-order valence-electron chi connectivity index (χ2n) is 4.87. The number of rotatable bonds is 3. The van der Waals surface area contributed by atoms with E-state index in [4.69, 9.17) is 4.52 Å². The number of hydrogen-bond acceptors (Lipinski definition) is 4. The average molecular weight is 257 g/mol. The third-order valence-electron chi connectivity index (χ3n) is 3.59. The van der Waals surface area contributed by atoms with Crippen LogP contribution in [0, 0.1) is 13.8 Å². The lowest BCUT2D eigenvalue weighted by Crippen LogP contribution is -2.25. The lowest BCUT2D eigenvalue weighted by atomic mass is 10.0. The van der Waals surface area contributed by atoms with Crippen molar-refractivity contribution >= 4 is 9.84 Å². The molecule has 96 valence electrons. The van der Waals surface area contributed by atoms with Crippen LogP contribution in [-0.2, 0) is 15.6 Å². The lowest BCUT2D eigenvalue weighted by molar-refractivity contribution is 0.392. The fourth-order valence-corrected chi connectivity index (χ4v) is 4.55. The van der Waals surface area contributed by atoms with Crippen LogP contribution in [0.4, 0.5) is 0 Å².